The lowest BCUT2D eigenvalue weighted by molar-refractivity contribution is -0.113. The van der Waals surface area contributed by atoms with Crippen LogP contribution in [0.4, 0.5) is 10.1 Å². The first-order valence-corrected chi connectivity index (χ1v) is 10.2. The molecule has 28 heavy (non-hydrogen) atoms. The van der Waals surface area contributed by atoms with E-state index in [2.05, 4.69) is 15.3 Å². The molecule has 0 spiro atoms. The van der Waals surface area contributed by atoms with E-state index in [1.807, 2.05) is 5.38 Å². The highest BCUT2D eigenvalue weighted by molar-refractivity contribution is 8.00. The van der Waals surface area contributed by atoms with Crippen LogP contribution in [0.2, 0.25) is 0 Å². The Hall–Kier alpha value is -2.97. The Kier molecular flexibility index (Phi) is 5.23. The summed E-state index contributed by atoms with van der Waals surface area (Å²) in [6.07, 6.45) is 1.48. The van der Waals surface area contributed by atoms with Gasteiger partial charge < -0.3 is 10.4 Å². The topological polar surface area (TPSA) is 75.1 Å². The molecule has 0 radical (unpaired) electrons. The Morgan fingerprint density at radius 1 is 1.11 bits per heavy atom. The number of phenols is 1. The number of aromatic hydroxyl groups is 1. The molecule has 0 saturated carbocycles. The molecule has 2 heterocycles. The number of anilines is 1. The SMILES string of the molecule is O=C(CSc1ncnc2scc(-c3ccc(F)cc3)c12)Nc1ccc(O)cc1. The normalized spacial score (nSPS) is 10.9. The summed E-state index contributed by atoms with van der Waals surface area (Å²) in [7, 11) is 0. The maximum absolute atomic E-state index is 13.2. The Bertz CT molecular complexity index is 1130. The molecule has 5 nitrogen and oxygen atoms in total. The molecule has 8 heteroatoms. The highest BCUT2D eigenvalue weighted by atomic mass is 32.2. The molecule has 4 aromatic rings. The zero-order valence-electron chi connectivity index (χ0n) is 14.4. The number of nitrogens with zero attached hydrogens (tertiary/aromatic N) is 2. The quantitative estimate of drug-likeness (QED) is 0.277. The predicted octanol–water partition coefficient (Wildman–Crippen LogP) is 4.93. The maximum atomic E-state index is 13.2. The van der Waals surface area contributed by atoms with Gasteiger partial charge in [-0.2, -0.15) is 0 Å². The zero-order chi connectivity index (χ0) is 19.5. The number of carbonyl (C=O) groups is 1. The maximum Gasteiger partial charge on any atom is 0.234 e. The van der Waals surface area contributed by atoms with Crippen molar-refractivity contribution in [2.24, 2.45) is 0 Å². The number of carbonyl (C=O) groups excluding carboxylic acids is 1. The summed E-state index contributed by atoms with van der Waals surface area (Å²) in [5.74, 6) is -0.159. The van der Waals surface area contributed by atoms with E-state index in [-0.39, 0.29) is 23.2 Å². The van der Waals surface area contributed by atoms with Gasteiger partial charge in [0, 0.05) is 16.6 Å². The third-order valence-electron chi connectivity index (χ3n) is 3.98. The fourth-order valence-electron chi connectivity index (χ4n) is 2.67. The van der Waals surface area contributed by atoms with Crippen LogP contribution in [0.25, 0.3) is 21.3 Å². The number of thiophene rings is 1. The van der Waals surface area contributed by atoms with Crippen LogP contribution < -0.4 is 5.32 Å². The molecular weight excluding hydrogens is 397 g/mol. The average molecular weight is 411 g/mol. The molecule has 2 aromatic carbocycles. The van der Waals surface area contributed by atoms with E-state index in [9.17, 15) is 14.3 Å². The number of halogens is 1. The van der Waals surface area contributed by atoms with Crippen molar-refractivity contribution in [1.82, 2.24) is 9.97 Å². The number of phenolic OH excluding ortho intramolecular Hbond substituents is 1. The Morgan fingerprint density at radius 2 is 1.86 bits per heavy atom. The van der Waals surface area contributed by atoms with Gasteiger partial charge in [0.1, 0.15) is 27.8 Å². The predicted molar refractivity (Wildman–Crippen MR) is 110 cm³/mol. The molecule has 1 amide bonds. The van der Waals surface area contributed by atoms with Gasteiger partial charge >= 0.3 is 0 Å². The smallest absolute Gasteiger partial charge is 0.234 e. The van der Waals surface area contributed by atoms with Gasteiger partial charge in [0.2, 0.25) is 5.91 Å². The standard InChI is InChI=1S/C20H14FN3O2S2/c21-13-3-1-12(2-4-13)16-9-27-19-18(16)20(23-11-22-19)28-10-17(26)24-14-5-7-15(25)8-6-14/h1-9,11,25H,10H2,(H,24,26). The van der Waals surface area contributed by atoms with Crippen molar-refractivity contribution in [1.29, 1.82) is 0 Å². The van der Waals surface area contributed by atoms with E-state index in [0.717, 1.165) is 21.3 Å². The third-order valence-corrected chi connectivity index (χ3v) is 5.86. The number of benzene rings is 2. The number of hydrogen-bond donors (Lipinski definition) is 2. The van der Waals surface area contributed by atoms with Crippen LogP contribution in [0.1, 0.15) is 0 Å². The fourth-order valence-corrected chi connectivity index (χ4v) is 4.47. The minimum Gasteiger partial charge on any atom is -0.508 e. The van der Waals surface area contributed by atoms with Crippen LogP contribution >= 0.6 is 23.1 Å². The largest absolute Gasteiger partial charge is 0.508 e. The number of amides is 1. The minimum absolute atomic E-state index is 0.140. The van der Waals surface area contributed by atoms with Crippen molar-refractivity contribution < 1.29 is 14.3 Å². The van der Waals surface area contributed by atoms with Crippen LogP contribution in [0.3, 0.4) is 0 Å². The lowest BCUT2D eigenvalue weighted by Gasteiger charge is -2.07. The first-order valence-electron chi connectivity index (χ1n) is 8.30. The van der Waals surface area contributed by atoms with Gasteiger partial charge in [-0.1, -0.05) is 23.9 Å². The Labute approximate surface area is 168 Å². The minimum atomic E-state index is -0.292. The molecule has 0 fully saturated rings. The van der Waals surface area contributed by atoms with Gasteiger partial charge in [-0.25, -0.2) is 14.4 Å². The van der Waals surface area contributed by atoms with Crippen LogP contribution in [0, 0.1) is 5.82 Å². The summed E-state index contributed by atoms with van der Waals surface area (Å²) >= 11 is 2.80. The van der Waals surface area contributed by atoms with Crippen molar-refractivity contribution in [3.63, 3.8) is 0 Å². The number of thioether (sulfide) groups is 1. The summed E-state index contributed by atoms with van der Waals surface area (Å²) < 4.78 is 13.2. The summed E-state index contributed by atoms with van der Waals surface area (Å²) in [4.78, 5) is 21.7. The van der Waals surface area contributed by atoms with Gasteiger partial charge in [-0.3, -0.25) is 4.79 Å². The number of nitrogens with one attached hydrogen (secondary N) is 1. The highest BCUT2D eigenvalue weighted by Gasteiger charge is 2.15. The second kappa shape index (κ2) is 7.95. The van der Waals surface area contributed by atoms with Crippen LogP contribution in [-0.4, -0.2) is 26.7 Å². The Morgan fingerprint density at radius 3 is 2.61 bits per heavy atom. The van der Waals surface area contributed by atoms with Crippen molar-refractivity contribution in [2.75, 3.05) is 11.1 Å². The molecule has 0 bridgehead atoms. The lowest BCUT2D eigenvalue weighted by atomic mass is 10.1. The third kappa shape index (κ3) is 3.97. The Balaban J connectivity index is 1.55. The van der Waals surface area contributed by atoms with E-state index in [4.69, 9.17) is 0 Å². The number of fused-ring (bicyclic) bond motifs is 1. The number of hydrogen-bond acceptors (Lipinski definition) is 6. The first-order chi connectivity index (χ1) is 13.6. The molecule has 140 valence electrons. The fraction of sp³-hybridized carbons (Fsp3) is 0.0500. The van der Waals surface area contributed by atoms with Crippen molar-refractivity contribution >= 4 is 44.9 Å². The average Bonchev–Trinajstić information content (AvgIpc) is 3.13. The van der Waals surface area contributed by atoms with Crippen LogP contribution in [0.5, 0.6) is 5.75 Å². The molecule has 0 aliphatic carbocycles. The van der Waals surface area contributed by atoms with Gasteiger partial charge in [0.25, 0.3) is 0 Å². The van der Waals surface area contributed by atoms with Gasteiger partial charge in [0.05, 0.1) is 11.1 Å². The van der Waals surface area contributed by atoms with Gasteiger partial charge in [-0.05, 0) is 42.0 Å². The molecule has 0 aliphatic rings. The number of rotatable bonds is 5. The summed E-state index contributed by atoms with van der Waals surface area (Å²) in [6.45, 7) is 0. The lowest BCUT2D eigenvalue weighted by Crippen LogP contribution is -2.14. The summed E-state index contributed by atoms with van der Waals surface area (Å²) in [5, 5.41) is 15.6. The van der Waals surface area contributed by atoms with Gasteiger partial charge in [-0.15, -0.1) is 11.3 Å². The molecular formula is C20H14FN3O2S2. The molecule has 0 saturated heterocycles. The molecule has 4 rings (SSSR count). The van der Waals surface area contributed by atoms with E-state index >= 15 is 0 Å². The molecule has 0 unspecified atom stereocenters. The second-order valence-electron chi connectivity index (χ2n) is 5.90. The van der Waals surface area contributed by atoms with E-state index < -0.39 is 0 Å². The summed E-state index contributed by atoms with van der Waals surface area (Å²) in [6, 6.07) is 12.6. The van der Waals surface area contributed by atoms with Crippen molar-refractivity contribution in [2.45, 2.75) is 5.03 Å². The van der Waals surface area contributed by atoms with Crippen molar-refractivity contribution in [3.8, 4) is 16.9 Å². The molecule has 0 aliphatic heterocycles. The summed E-state index contributed by atoms with van der Waals surface area (Å²) in [5.41, 5.74) is 2.40. The van der Waals surface area contributed by atoms with Crippen LogP contribution in [0.15, 0.2) is 65.3 Å². The van der Waals surface area contributed by atoms with E-state index in [0.29, 0.717) is 10.7 Å². The first kappa shape index (κ1) is 18.4. The van der Waals surface area contributed by atoms with Gasteiger partial charge in [0.15, 0.2) is 0 Å². The van der Waals surface area contributed by atoms with Crippen LogP contribution in [-0.2, 0) is 4.79 Å². The zero-order valence-corrected chi connectivity index (χ0v) is 16.1. The monoisotopic (exact) mass is 411 g/mol. The van der Waals surface area contributed by atoms with E-state index in [1.54, 1.807) is 24.3 Å². The van der Waals surface area contributed by atoms with Crippen molar-refractivity contribution in [3.05, 3.63) is 66.1 Å². The second-order valence-corrected chi connectivity index (χ2v) is 7.72. The van der Waals surface area contributed by atoms with E-state index in [1.165, 1.54) is 53.7 Å². The highest BCUT2D eigenvalue weighted by Crippen LogP contribution is 2.37. The molecule has 2 aromatic heterocycles. The molecule has 0 atom stereocenters. The molecule has 2 N–H and O–H groups in total. The number of aromatic nitrogens is 2.